The van der Waals surface area contributed by atoms with Crippen LogP contribution in [0.25, 0.3) is 10.9 Å². The van der Waals surface area contributed by atoms with Crippen LogP contribution in [0.4, 0.5) is 4.79 Å². The Morgan fingerprint density at radius 2 is 1.73 bits per heavy atom. The van der Waals surface area contributed by atoms with Gasteiger partial charge in [-0.1, -0.05) is 25.1 Å². The number of fused-ring (bicyclic) bond motifs is 4. The number of para-hydroxylation sites is 1. The van der Waals surface area contributed by atoms with Gasteiger partial charge < -0.3 is 41.5 Å². The third-order valence-electron chi connectivity index (χ3n) is 8.92. The second-order valence-corrected chi connectivity index (χ2v) is 12.2. The molecule has 2 aliphatic rings. The number of hydrogen-bond donors (Lipinski definition) is 8. The lowest BCUT2D eigenvalue weighted by Crippen LogP contribution is -2.59. The van der Waals surface area contributed by atoms with Gasteiger partial charge in [-0.2, -0.15) is 0 Å². The first-order valence-electron chi connectivity index (χ1n) is 16.7. The summed E-state index contributed by atoms with van der Waals surface area (Å²) in [6.45, 7) is 1.92. The number of benzene rings is 1. The molecule has 0 radical (unpaired) electrons. The Morgan fingerprint density at radius 3 is 2.51 bits per heavy atom. The zero-order valence-corrected chi connectivity index (χ0v) is 27.4. The molecule has 0 saturated carbocycles. The van der Waals surface area contributed by atoms with E-state index in [-0.39, 0.29) is 31.2 Å². The van der Waals surface area contributed by atoms with Crippen LogP contribution >= 0.6 is 0 Å². The smallest absolute Gasteiger partial charge is 0.322 e. The molecule has 17 heteroatoms. The summed E-state index contributed by atoms with van der Waals surface area (Å²) in [7, 11) is 0. The Hall–Kier alpha value is -4.87. The molecule has 2 aromatic heterocycles. The van der Waals surface area contributed by atoms with Crippen molar-refractivity contribution in [2.75, 3.05) is 19.7 Å². The van der Waals surface area contributed by atoms with Crippen LogP contribution in [-0.2, 0) is 32.1 Å². The Balaban J connectivity index is 1.46. The summed E-state index contributed by atoms with van der Waals surface area (Å²) in [6.07, 6.45) is 4.83. The highest BCUT2D eigenvalue weighted by Gasteiger charge is 2.39. The predicted molar refractivity (Wildman–Crippen MR) is 175 cm³/mol. The second kappa shape index (κ2) is 16.5. The van der Waals surface area contributed by atoms with E-state index in [1.807, 2.05) is 36.1 Å². The highest BCUT2D eigenvalue weighted by atomic mass is 16.4. The van der Waals surface area contributed by atoms with Gasteiger partial charge in [0.05, 0.1) is 25.2 Å². The molecule has 1 aromatic carbocycles. The van der Waals surface area contributed by atoms with Gasteiger partial charge in [-0.3, -0.25) is 29.4 Å². The first-order chi connectivity index (χ1) is 23.7. The fourth-order valence-corrected chi connectivity index (χ4v) is 6.37. The molecule has 0 aliphatic carbocycles. The van der Waals surface area contributed by atoms with Gasteiger partial charge in [0, 0.05) is 23.5 Å². The zero-order chi connectivity index (χ0) is 34.9. The standard InChI is InChI=1S/C32H44N10O7/c1-2-24-31-41-40-26(49-31)16-35-27(44)21(10-5-6-12-33)36-28(45)22(14-18-15-34-20-9-4-3-8-19(18)20)37-29(46)23(17-43)38-32(48)39-30(47)25-11-7-13-42(24)25/h3-4,8-9,15,21-25,34,43H,2,5-7,10-14,16-17,33H2,1H3,(H,35,44)(H,36,45)(H,37,46)(H2,38,39,47,48)/t21-,22-,23-,24?,25-/m0/s1. The monoisotopic (exact) mass is 680 g/mol. The topological polar surface area (TPSA) is 250 Å². The molecule has 1 saturated heterocycles. The van der Waals surface area contributed by atoms with E-state index in [1.54, 1.807) is 6.20 Å². The maximum absolute atomic E-state index is 13.9. The van der Waals surface area contributed by atoms with Gasteiger partial charge in [0.2, 0.25) is 35.4 Å². The molecule has 1 unspecified atom stereocenters. The van der Waals surface area contributed by atoms with E-state index in [2.05, 4.69) is 41.8 Å². The number of unbranched alkanes of at least 4 members (excludes halogenated alkanes) is 1. The number of carbonyl (C=O) groups excluding carboxylic acids is 5. The summed E-state index contributed by atoms with van der Waals surface area (Å²) in [5.74, 6) is -2.21. The van der Waals surface area contributed by atoms with Crippen molar-refractivity contribution in [3.8, 4) is 0 Å². The number of aliphatic hydroxyl groups excluding tert-OH is 1. The molecule has 0 spiro atoms. The van der Waals surface area contributed by atoms with Gasteiger partial charge >= 0.3 is 6.03 Å². The average molecular weight is 681 g/mol. The SMILES string of the molecule is CCC1c2nnc(o2)CNC(=O)[C@H](CCCCN)NC(=O)[C@H](Cc2c[nH]c3ccccc23)NC(=O)[C@H](CO)NC(=O)NC(=O)[C@@H]2CCCN12. The number of H-pyrrole nitrogens is 1. The van der Waals surface area contributed by atoms with E-state index in [1.165, 1.54) is 0 Å². The van der Waals surface area contributed by atoms with Gasteiger partial charge in [0.25, 0.3) is 0 Å². The number of urea groups is 1. The number of aliphatic hydroxyl groups is 1. The number of imide groups is 1. The van der Waals surface area contributed by atoms with E-state index >= 15 is 0 Å². The summed E-state index contributed by atoms with van der Waals surface area (Å²) in [5.41, 5.74) is 7.22. The normalized spacial score (nSPS) is 24.8. The molecule has 264 valence electrons. The highest BCUT2D eigenvalue weighted by Crippen LogP contribution is 2.31. The minimum absolute atomic E-state index is 0.0163. The zero-order valence-electron chi connectivity index (χ0n) is 27.4. The maximum atomic E-state index is 13.9. The first kappa shape index (κ1) is 35.4. The van der Waals surface area contributed by atoms with Crippen molar-refractivity contribution >= 4 is 40.6 Å². The summed E-state index contributed by atoms with van der Waals surface area (Å²) in [5, 5.41) is 32.0. The molecule has 49 heavy (non-hydrogen) atoms. The molecule has 6 amide bonds. The molecule has 5 rings (SSSR count). The average Bonchev–Trinajstić information content (AvgIpc) is 3.86. The Kier molecular flexibility index (Phi) is 11.9. The number of aromatic amines is 1. The fourth-order valence-electron chi connectivity index (χ4n) is 6.37. The maximum Gasteiger partial charge on any atom is 0.322 e. The number of nitrogens with two attached hydrogens (primary N) is 1. The number of aromatic nitrogens is 3. The molecule has 5 atom stereocenters. The fraction of sp³-hybridized carbons (Fsp3) is 0.531. The van der Waals surface area contributed by atoms with Gasteiger partial charge in [-0.25, -0.2) is 4.79 Å². The van der Waals surface area contributed by atoms with E-state index < -0.39 is 66.5 Å². The Morgan fingerprint density at radius 1 is 0.959 bits per heavy atom. The van der Waals surface area contributed by atoms with Gasteiger partial charge in [-0.05, 0) is 63.2 Å². The number of nitrogens with zero attached hydrogens (tertiary/aromatic N) is 3. The van der Waals surface area contributed by atoms with E-state index in [0.29, 0.717) is 50.8 Å². The van der Waals surface area contributed by atoms with Crippen LogP contribution in [0, 0.1) is 0 Å². The quantitative estimate of drug-likeness (QED) is 0.143. The summed E-state index contributed by atoms with van der Waals surface area (Å²) in [4.78, 5) is 72.1. The molecule has 3 aromatic rings. The first-order valence-corrected chi connectivity index (χ1v) is 16.7. The number of carbonyl (C=O) groups is 5. The predicted octanol–water partition coefficient (Wildman–Crippen LogP) is -0.376. The van der Waals surface area contributed by atoms with Crippen molar-refractivity contribution in [1.29, 1.82) is 0 Å². The van der Waals surface area contributed by atoms with Crippen molar-refractivity contribution in [1.82, 2.24) is 46.7 Å². The molecule has 17 nitrogen and oxygen atoms in total. The molecule has 2 aliphatic heterocycles. The highest BCUT2D eigenvalue weighted by molar-refractivity contribution is 5.99. The van der Waals surface area contributed by atoms with Crippen molar-refractivity contribution in [3.05, 3.63) is 47.8 Å². The second-order valence-electron chi connectivity index (χ2n) is 12.2. The van der Waals surface area contributed by atoms with Crippen LogP contribution < -0.4 is 32.3 Å². The van der Waals surface area contributed by atoms with Crippen molar-refractivity contribution in [2.45, 2.75) is 88.6 Å². The summed E-state index contributed by atoms with van der Waals surface area (Å²) in [6, 6.07) is 1.61. The Labute approximate surface area is 282 Å². The molecule has 1 fully saturated rings. The summed E-state index contributed by atoms with van der Waals surface area (Å²) < 4.78 is 5.92. The lowest BCUT2D eigenvalue weighted by Gasteiger charge is -2.29. The minimum Gasteiger partial charge on any atom is -0.422 e. The number of hydrogen-bond acceptors (Lipinski definition) is 11. The van der Waals surface area contributed by atoms with Crippen molar-refractivity contribution in [3.63, 3.8) is 0 Å². The summed E-state index contributed by atoms with van der Waals surface area (Å²) >= 11 is 0. The van der Waals surface area contributed by atoms with Crippen LogP contribution in [-0.4, -0.2) is 98.7 Å². The van der Waals surface area contributed by atoms with E-state index in [0.717, 1.165) is 10.9 Å². The molecule has 9 N–H and O–H groups in total. The van der Waals surface area contributed by atoms with Crippen molar-refractivity contribution < 1.29 is 33.5 Å². The number of amides is 6. The molecule has 4 heterocycles. The van der Waals surface area contributed by atoms with E-state index in [9.17, 15) is 29.1 Å². The van der Waals surface area contributed by atoms with Gasteiger partial charge in [0.1, 0.15) is 18.1 Å². The molecule has 2 bridgehead atoms. The lowest BCUT2D eigenvalue weighted by molar-refractivity contribution is -0.133. The Bertz CT molecular complexity index is 1640. The third kappa shape index (κ3) is 8.60. The number of rotatable bonds is 8. The molecular formula is C32H44N10O7. The third-order valence-corrected chi connectivity index (χ3v) is 8.92. The molecular weight excluding hydrogens is 636 g/mol. The van der Waals surface area contributed by atoms with Crippen molar-refractivity contribution in [2.24, 2.45) is 5.73 Å². The number of nitrogens with one attached hydrogen (secondary N) is 6. The van der Waals surface area contributed by atoms with Crippen LogP contribution in [0.15, 0.2) is 34.9 Å². The minimum atomic E-state index is -1.50. The van der Waals surface area contributed by atoms with Gasteiger partial charge in [-0.15, -0.1) is 10.2 Å². The largest absolute Gasteiger partial charge is 0.422 e. The van der Waals surface area contributed by atoms with Crippen LogP contribution in [0.3, 0.4) is 0 Å². The van der Waals surface area contributed by atoms with E-state index in [4.69, 9.17) is 10.2 Å². The lowest BCUT2D eigenvalue weighted by atomic mass is 10.0. The van der Waals surface area contributed by atoms with Gasteiger partial charge in [0.15, 0.2) is 0 Å². The van der Waals surface area contributed by atoms with Crippen LogP contribution in [0.1, 0.15) is 68.8 Å². The van der Waals surface area contributed by atoms with Crippen LogP contribution in [0.5, 0.6) is 0 Å². The van der Waals surface area contributed by atoms with Crippen LogP contribution in [0.2, 0.25) is 0 Å².